The van der Waals surface area contributed by atoms with Crippen molar-refractivity contribution < 1.29 is 19.1 Å². The number of hydrogen-bond acceptors (Lipinski definition) is 5. The van der Waals surface area contributed by atoms with E-state index in [4.69, 9.17) is 4.42 Å². The van der Waals surface area contributed by atoms with Crippen molar-refractivity contribution in [1.82, 2.24) is 4.90 Å². The largest absolute Gasteiger partial charge is 0.503 e. The molecule has 2 aromatic rings. The zero-order valence-corrected chi connectivity index (χ0v) is 15.1. The maximum Gasteiger partial charge on any atom is 0.290 e. The fraction of sp³-hybridized carbons (Fsp3) is 0.300. The third-order valence-corrected chi connectivity index (χ3v) is 4.48. The van der Waals surface area contributed by atoms with Crippen LogP contribution in [-0.2, 0) is 4.79 Å². The summed E-state index contributed by atoms with van der Waals surface area (Å²) in [4.78, 5) is 28.9. The molecule has 0 saturated heterocycles. The number of aliphatic hydroxyl groups is 1. The van der Waals surface area contributed by atoms with Crippen LogP contribution in [0.3, 0.4) is 0 Å². The van der Waals surface area contributed by atoms with Crippen LogP contribution in [0.1, 0.15) is 35.5 Å². The molecule has 1 aromatic carbocycles. The minimum atomic E-state index is -0.628. The number of ketones is 1. The second-order valence-corrected chi connectivity index (χ2v) is 6.46. The molecule has 26 heavy (non-hydrogen) atoms. The molecule has 1 amide bonds. The van der Waals surface area contributed by atoms with Crippen molar-refractivity contribution in [1.29, 1.82) is 0 Å². The first-order valence-corrected chi connectivity index (χ1v) is 8.55. The van der Waals surface area contributed by atoms with Crippen molar-refractivity contribution in [3.63, 3.8) is 0 Å². The summed E-state index contributed by atoms with van der Waals surface area (Å²) in [6, 6.07) is 10.1. The fourth-order valence-corrected chi connectivity index (χ4v) is 3.20. The maximum atomic E-state index is 12.9. The van der Waals surface area contributed by atoms with E-state index in [-0.39, 0.29) is 11.3 Å². The van der Waals surface area contributed by atoms with Crippen LogP contribution in [0.5, 0.6) is 0 Å². The third kappa shape index (κ3) is 2.98. The summed E-state index contributed by atoms with van der Waals surface area (Å²) in [6.45, 7) is 2.39. The Morgan fingerprint density at radius 1 is 1.23 bits per heavy atom. The lowest BCUT2D eigenvalue weighted by molar-refractivity contribution is -0.129. The molecule has 6 nitrogen and oxygen atoms in total. The van der Waals surface area contributed by atoms with E-state index >= 15 is 0 Å². The zero-order valence-electron chi connectivity index (χ0n) is 15.1. The lowest BCUT2D eigenvalue weighted by atomic mass is 9.95. The average molecular weight is 354 g/mol. The van der Waals surface area contributed by atoms with Gasteiger partial charge in [-0.05, 0) is 36.2 Å². The molecule has 1 atom stereocenters. The van der Waals surface area contributed by atoms with Crippen molar-refractivity contribution in [2.75, 3.05) is 25.5 Å². The molecule has 3 rings (SSSR count). The van der Waals surface area contributed by atoms with E-state index in [1.54, 1.807) is 6.07 Å². The Kier molecular flexibility index (Phi) is 4.84. The van der Waals surface area contributed by atoms with Crippen molar-refractivity contribution in [2.45, 2.75) is 19.4 Å². The van der Waals surface area contributed by atoms with Gasteiger partial charge in [0.1, 0.15) is 0 Å². The Morgan fingerprint density at radius 3 is 2.46 bits per heavy atom. The molecule has 0 bridgehead atoms. The van der Waals surface area contributed by atoms with Gasteiger partial charge in [-0.15, -0.1) is 0 Å². The summed E-state index contributed by atoms with van der Waals surface area (Å²) in [5.41, 5.74) is 1.85. The van der Waals surface area contributed by atoms with Crippen LogP contribution in [0.15, 0.2) is 58.4 Å². The molecule has 1 aliphatic rings. The highest BCUT2D eigenvalue weighted by atomic mass is 16.3. The number of carbonyl (C=O) groups is 2. The van der Waals surface area contributed by atoms with Gasteiger partial charge in [0.25, 0.3) is 5.91 Å². The zero-order chi connectivity index (χ0) is 18.8. The minimum Gasteiger partial charge on any atom is -0.503 e. The first-order valence-electron chi connectivity index (χ1n) is 8.55. The average Bonchev–Trinajstić information content (AvgIpc) is 3.25. The maximum absolute atomic E-state index is 12.9. The van der Waals surface area contributed by atoms with Gasteiger partial charge in [0, 0.05) is 26.3 Å². The Balaban J connectivity index is 2.07. The molecule has 1 unspecified atom stereocenters. The molecule has 0 spiro atoms. The molecule has 0 radical (unpaired) electrons. The van der Waals surface area contributed by atoms with Crippen molar-refractivity contribution in [3.8, 4) is 0 Å². The van der Waals surface area contributed by atoms with E-state index in [1.165, 1.54) is 17.2 Å². The second kappa shape index (κ2) is 7.07. The predicted octanol–water partition coefficient (Wildman–Crippen LogP) is 3.33. The minimum absolute atomic E-state index is 0.0657. The number of amides is 1. The summed E-state index contributed by atoms with van der Waals surface area (Å²) >= 11 is 0. The number of nitrogens with zero attached hydrogens (tertiary/aromatic N) is 2. The van der Waals surface area contributed by atoms with Crippen molar-refractivity contribution in [3.05, 3.63) is 65.3 Å². The molecule has 1 aliphatic heterocycles. The molecule has 2 heterocycles. The number of carbonyl (C=O) groups excluding carboxylic acids is 2. The molecule has 0 fully saturated rings. The first kappa shape index (κ1) is 17.8. The SMILES string of the molecule is CCCN1C(=O)C(O)=C(C(=O)c2ccco2)C1c1ccc(N(C)C)cc1. The number of hydrogen-bond donors (Lipinski definition) is 1. The normalized spacial score (nSPS) is 17.1. The van der Waals surface area contributed by atoms with E-state index in [1.807, 2.05) is 50.2 Å². The summed E-state index contributed by atoms with van der Waals surface area (Å²) in [7, 11) is 3.88. The van der Waals surface area contributed by atoms with E-state index in [9.17, 15) is 14.7 Å². The summed E-state index contributed by atoms with van der Waals surface area (Å²) < 4.78 is 5.19. The highest BCUT2D eigenvalue weighted by molar-refractivity contribution is 6.15. The van der Waals surface area contributed by atoms with Crippen LogP contribution >= 0.6 is 0 Å². The number of Topliss-reactive ketones (excluding diaryl/α,β-unsaturated/α-hetero) is 1. The Morgan fingerprint density at radius 2 is 1.92 bits per heavy atom. The van der Waals surface area contributed by atoms with Crippen molar-refractivity contribution >= 4 is 17.4 Å². The van der Waals surface area contributed by atoms with Gasteiger partial charge >= 0.3 is 0 Å². The first-order chi connectivity index (χ1) is 12.5. The second-order valence-electron chi connectivity index (χ2n) is 6.46. The number of anilines is 1. The molecular weight excluding hydrogens is 332 g/mol. The van der Waals surface area contributed by atoms with Gasteiger partial charge in [-0.1, -0.05) is 19.1 Å². The van der Waals surface area contributed by atoms with Gasteiger partial charge in [-0.25, -0.2) is 0 Å². The molecular formula is C20H22N2O4. The van der Waals surface area contributed by atoms with E-state index in [2.05, 4.69) is 0 Å². The summed E-state index contributed by atoms with van der Waals surface area (Å²) in [5, 5.41) is 10.4. The van der Waals surface area contributed by atoms with Crippen molar-refractivity contribution in [2.24, 2.45) is 0 Å². The third-order valence-electron chi connectivity index (χ3n) is 4.48. The van der Waals surface area contributed by atoms with Gasteiger partial charge in [0.2, 0.25) is 5.78 Å². The molecule has 0 aliphatic carbocycles. The standard InChI is InChI=1S/C20H22N2O4/c1-4-11-22-17(13-7-9-14(10-8-13)21(2)3)16(19(24)20(22)25)18(23)15-6-5-12-26-15/h5-10,12,17,24H,4,11H2,1-3H3. The van der Waals surface area contributed by atoms with Crippen LogP contribution in [0.2, 0.25) is 0 Å². The Bertz CT molecular complexity index is 835. The van der Waals surface area contributed by atoms with Crippen LogP contribution in [0.25, 0.3) is 0 Å². The van der Waals surface area contributed by atoms with E-state index in [0.29, 0.717) is 13.0 Å². The molecule has 0 saturated carbocycles. The smallest absolute Gasteiger partial charge is 0.290 e. The van der Waals surface area contributed by atoms with Gasteiger partial charge in [0.15, 0.2) is 11.5 Å². The highest BCUT2D eigenvalue weighted by Gasteiger charge is 2.43. The van der Waals surface area contributed by atoms with Crippen LogP contribution in [0.4, 0.5) is 5.69 Å². The summed E-state index contributed by atoms with van der Waals surface area (Å²) in [5.74, 6) is -1.39. The van der Waals surface area contributed by atoms with Gasteiger partial charge < -0.3 is 19.3 Å². The topological polar surface area (TPSA) is 74.0 Å². The quantitative estimate of drug-likeness (QED) is 0.806. The monoisotopic (exact) mass is 354 g/mol. The number of rotatable bonds is 6. The van der Waals surface area contributed by atoms with Gasteiger partial charge in [-0.3, -0.25) is 9.59 Å². The van der Waals surface area contributed by atoms with Crippen LogP contribution in [-0.4, -0.2) is 42.3 Å². The molecule has 136 valence electrons. The van der Waals surface area contributed by atoms with Crippen LogP contribution < -0.4 is 4.90 Å². The molecule has 6 heteroatoms. The lowest BCUT2D eigenvalue weighted by Gasteiger charge is -2.26. The van der Waals surface area contributed by atoms with Crippen LogP contribution in [0, 0.1) is 0 Å². The Labute approximate surface area is 152 Å². The molecule has 1 N–H and O–H groups in total. The number of furan rings is 1. The molecule has 1 aromatic heterocycles. The number of benzene rings is 1. The fourth-order valence-electron chi connectivity index (χ4n) is 3.20. The predicted molar refractivity (Wildman–Crippen MR) is 98.2 cm³/mol. The van der Waals surface area contributed by atoms with E-state index in [0.717, 1.165) is 11.3 Å². The van der Waals surface area contributed by atoms with Gasteiger partial charge in [0.05, 0.1) is 17.9 Å². The Hall–Kier alpha value is -3.02. The highest BCUT2D eigenvalue weighted by Crippen LogP contribution is 2.39. The van der Waals surface area contributed by atoms with Gasteiger partial charge in [-0.2, -0.15) is 0 Å². The van der Waals surface area contributed by atoms with E-state index < -0.39 is 23.5 Å². The lowest BCUT2D eigenvalue weighted by Crippen LogP contribution is -2.31. The number of aliphatic hydroxyl groups excluding tert-OH is 1. The summed E-state index contributed by atoms with van der Waals surface area (Å²) in [6.07, 6.45) is 2.11.